The monoisotopic (exact) mass is 606 g/mol. The third-order valence-electron chi connectivity index (χ3n) is 8.01. The summed E-state index contributed by atoms with van der Waals surface area (Å²) in [6, 6.07) is 4.11. The number of hydrogen-bond acceptors (Lipinski definition) is 4. The van der Waals surface area contributed by atoms with Gasteiger partial charge in [0.15, 0.2) is 5.78 Å². The molecule has 1 saturated heterocycles. The number of nitrogens with zero attached hydrogens (tertiary/aromatic N) is 2. The SMILES string of the molecule is CC.CC#Cc1cc(C)c(C2=C(OC)CC3(CCN(S(C)(=O)=NS(C)(C)C(C)(C)C)CC3)CC2=O)c(C)c1.CCC. The Kier molecular flexibility index (Phi) is 13.7. The second kappa shape index (κ2) is 15.1. The molecule has 1 fully saturated rings. The molecule has 1 atom stereocenters. The fourth-order valence-electron chi connectivity index (χ4n) is 5.26. The van der Waals surface area contributed by atoms with Crippen molar-refractivity contribution in [3.05, 3.63) is 40.1 Å². The number of methoxy groups -OCH3 is 1. The van der Waals surface area contributed by atoms with Crippen molar-refractivity contribution in [3.63, 3.8) is 0 Å². The predicted octanol–water partition coefficient (Wildman–Crippen LogP) is 8.71. The normalized spacial score (nSPS) is 19.0. The third-order valence-corrected chi connectivity index (χ3v) is 14.9. The molecule has 1 aromatic rings. The Bertz CT molecular complexity index is 1250. The lowest BCUT2D eigenvalue weighted by molar-refractivity contribution is -0.117. The van der Waals surface area contributed by atoms with Crippen LogP contribution in [0.3, 0.4) is 0 Å². The van der Waals surface area contributed by atoms with E-state index < -0.39 is 20.1 Å². The first-order valence-corrected chi connectivity index (χ1v) is 19.3. The maximum atomic E-state index is 13.7. The van der Waals surface area contributed by atoms with Crippen LogP contribution in [0, 0.1) is 31.1 Å². The number of Topliss-reactive ketones (excluding diaryl/α,β-unsaturated/α-hetero) is 1. The van der Waals surface area contributed by atoms with Crippen LogP contribution in [0.4, 0.5) is 0 Å². The molecule has 0 bridgehead atoms. The predicted molar refractivity (Wildman–Crippen MR) is 183 cm³/mol. The summed E-state index contributed by atoms with van der Waals surface area (Å²) in [6.45, 7) is 22.0. The number of benzene rings is 1. The number of ether oxygens (including phenoxy) is 1. The maximum absolute atomic E-state index is 13.7. The molecular formula is C34H58N2O3S2. The Morgan fingerprint density at radius 1 is 1.02 bits per heavy atom. The van der Waals surface area contributed by atoms with E-state index in [1.54, 1.807) is 13.4 Å². The van der Waals surface area contributed by atoms with Gasteiger partial charge in [-0.2, -0.15) is 3.77 Å². The third kappa shape index (κ3) is 9.12. The van der Waals surface area contributed by atoms with Crippen LogP contribution in [-0.2, 0) is 19.4 Å². The van der Waals surface area contributed by atoms with E-state index in [2.05, 4.69) is 75.4 Å². The first-order chi connectivity index (χ1) is 19.0. The van der Waals surface area contributed by atoms with Crippen molar-refractivity contribution in [1.82, 2.24) is 4.31 Å². The van der Waals surface area contributed by atoms with Crippen molar-refractivity contribution >= 4 is 31.5 Å². The molecule has 1 aliphatic carbocycles. The van der Waals surface area contributed by atoms with Crippen LogP contribution in [0.15, 0.2) is 21.7 Å². The minimum absolute atomic E-state index is 0.00932. The van der Waals surface area contributed by atoms with E-state index in [1.165, 1.54) is 6.42 Å². The molecular weight excluding hydrogens is 549 g/mol. The van der Waals surface area contributed by atoms with Crippen LogP contribution in [0.25, 0.3) is 5.57 Å². The highest BCUT2D eigenvalue weighted by molar-refractivity contribution is 8.35. The standard InChI is InChI=1S/C29H44N2O3S2.C3H8.C2H6/c1-11-12-23-17-21(2)26(22(3)18-23)27-24(32)19-29(20-25(27)34-7)13-15-31(16-14-29)36(10,33)30-35(8,9)28(4,5)6;1-3-2;1-2/h17-18H,13-16,19-20H2,1-10H3;3H2,1-2H3;1-2H3. The van der Waals surface area contributed by atoms with Crippen LogP contribution < -0.4 is 0 Å². The van der Waals surface area contributed by atoms with Gasteiger partial charge in [0.2, 0.25) is 0 Å². The first-order valence-electron chi connectivity index (χ1n) is 15.0. The van der Waals surface area contributed by atoms with Crippen LogP contribution >= 0.6 is 10.2 Å². The molecule has 0 saturated carbocycles. The quantitative estimate of drug-likeness (QED) is 0.322. The molecule has 41 heavy (non-hydrogen) atoms. The van der Waals surface area contributed by atoms with Gasteiger partial charge in [-0.15, -0.1) is 16.1 Å². The lowest BCUT2D eigenvalue weighted by Gasteiger charge is -2.46. The molecule has 7 heteroatoms. The van der Waals surface area contributed by atoms with Gasteiger partial charge < -0.3 is 4.74 Å². The lowest BCUT2D eigenvalue weighted by atomic mass is 9.66. The van der Waals surface area contributed by atoms with Gasteiger partial charge in [0.25, 0.3) is 0 Å². The van der Waals surface area contributed by atoms with Gasteiger partial charge in [-0.25, -0.2) is 8.51 Å². The summed E-state index contributed by atoms with van der Waals surface area (Å²) >= 11 is 0. The van der Waals surface area contributed by atoms with Crippen molar-refractivity contribution in [3.8, 4) is 11.8 Å². The molecule has 0 aromatic heterocycles. The van der Waals surface area contributed by atoms with Gasteiger partial charge in [0, 0.05) is 42.5 Å². The highest BCUT2D eigenvalue weighted by atomic mass is 32.3. The fourth-order valence-corrected chi connectivity index (χ4v) is 10.2. The fraction of sp³-hybridized carbons (Fsp3) is 0.676. The molecule has 0 radical (unpaired) electrons. The molecule has 1 heterocycles. The van der Waals surface area contributed by atoms with Gasteiger partial charge in [-0.1, -0.05) is 60.8 Å². The van der Waals surface area contributed by atoms with E-state index in [4.69, 9.17) is 8.50 Å². The number of ketones is 1. The lowest BCUT2D eigenvalue weighted by Crippen LogP contribution is -2.45. The smallest absolute Gasteiger partial charge is 0.167 e. The van der Waals surface area contributed by atoms with E-state index in [0.717, 1.165) is 52.8 Å². The molecule has 1 aliphatic heterocycles. The van der Waals surface area contributed by atoms with Gasteiger partial charge in [0.05, 0.1) is 12.7 Å². The summed E-state index contributed by atoms with van der Waals surface area (Å²) in [6.07, 6.45) is 10.2. The zero-order valence-electron chi connectivity index (χ0n) is 28.5. The van der Waals surface area contributed by atoms with Gasteiger partial charge in [0.1, 0.15) is 15.7 Å². The Balaban J connectivity index is 0.00000157. The number of carbonyl (C=O) groups is 1. The van der Waals surface area contributed by atoms with Crippen molar-refractivity contribution in [2.45, 2.75) is 106 Å². The minimum Gasteiger partial charge on any atom is -0.500 e. The number of piperidine rings is 1. The molecule has 0 N–H and O–H groups in total. The topological polar surface area (TPSA) is 59.0 Å². The summed E-state index contributed by atoms with van der Waals surface area (Å²) in [4.78, 5) is 13.7. The van der Waals surface area contributed by atoms with Crippen molar-refractivity contribution < 1.29 is 13.7 Å². The molecule has 5 nitrogen and oxygen atoms in total. The maximum Gasteiger partial charge on any atom is 0.167 e. The summed E-state index contributed by atoms with van der Waals surface area (Å²) in [5, 5.41) is 0. The molecule has 1 aromatic carbocycles. The van der Waals surface area contributed by atoms with Crippen LogP contribution in [0.2, 0.25) is 0 Å². The molecule has 234 valence electrons. The summed E-state index contributed by atoms with van der Waals surface area (Å²) in [5.41, 5.74) is 4.61. The van der Waals surface area contributed by atoms with Gasteiger partial charge in [-0.3, -0.25) is 4.79 Å². The molecule has 0 amide bonds. The number of carbonyl (C=O) groups excluding carboxylic acids is 1. The van der Waals surface area contributed by atoms with E-state index in [-0.39, 0.29) is 15.9 Å². The molecule has 1 spiro atoms. The number of allylic oxidation sites excluding steroid dienone is 2. The highest BCUT2D eigenvalue weighted by Crippen LogP contribution is 2.55. The van der Waals surface area contributed by atoms with Crippen LogP contribution in [0.1, 0.15) is 110 Å². The Hall–Kier alpha value is -1.75. The second-order valence-corrected chi connectivity index (χ2v) is 18.9. The average molecular weight is 607 g/mol. The molecule has 1 unspecified atom stereocenters. The summed E-state index contributed by atoms with van der Waals surface area (Å²) < 4.78 is 26.6. The van der Waals surface area contributed by atoms with E-state index in [1.807, 2.05) is 34.6 Å². The number of hydrogen-bond donors (Lipinski definition) is 0. The zero-order valence-corrected chi connectivity index (χ0v) is 30.2. The summed E-state index contributed by atoms with van der Waals surface area (Å²) in [5.74, 6) is 7.00. The Labute approximate surface area is 255 Å². The molecule has 3 rings (SSSR count). The van der Waals surface area contributed by atoms with Crippen LogP contribution in [-0.4, -0.2) is 58.0 Å². The van der Waals surface area contributed by atoms with E-state index >= 15 is 0 Å². The van der Waals surface area contributed by atoms with Crippen molar-refractivity contribution in [1.29, 1.82) is 0 Å². The summed E-state index contributed by atoms with van der Waals surface area (Å²) in [7, 11) is -2.20. The Morgan fingerprint density at radius 3 is 1.93 bits per heavy atom. The number of rotatable bonds is 4. The Morgan fingerprint density at radius 2 is 1.51 bits per heavy atom. The van der Waals surface area contributed by atoms with E-state index in [0.29, 0.717) is 19.5 Å². The van der Waals surface area contributed by atoms with Crippen LogP contribution in [0.5, 0.6) is 0 Å². The van der Waals surface area contributed by atoms with Crippen molar-refractivity contribution in [2.24, 2.45) is 9.18 Å². The van der Waals surface area contributed by atoms with Crippen molar-refractivity contribution in [2.75, 3.05) is 39.0 Å². The van der Waals surface area contributed by atoms with E-state index in [9.17, 15) is 9.00 Å². The first kappa shape index (κ1) is 37.3. The minimum atomic E-state index is -2.48. The average Bonchev–Trinajstić information content (AvgIpc) is 2.85. The van der Waals surface area contributed by atoms with Gasteiger partial charge >= 0.3 is 0 Å². The zero-order chi connectivity index (χ0) is 31.8. The molecule has 2 aliphatic rings. The highest BCUT2D eigenvalue weighted by Gasteiger charge is 2.44. The van der Waals surface area contributed by atoms with Gasteiger partial charge in [-0.05, 0) is 80.4 Å². The largest absolute Gasteiger partial charge is 0.500 e. The second-order valence-electron chi connectivity index (χ2n) is 12.5. The number of aryl methyl sites for hydroxylation is 2.